The molecule has 2 heterocycles. The molecule has 0 radical (unpaired) electrons. The van der Waals surface area contributed by atoms with E-state index in [1.54, 1.807) is 14.2 Å². The number of nitrogens with one attached hydrogen (secondary N) is 1. The van der Waals surface area contributed by atoms with Crippen molar-refractivity contribution in [2.75, 3.05) is 40.1 Å². The first-order valence-electron chi connectivity index (χ1n) is 9.40. The van der Waals surface area contributed by atoms with Gasteiger partial charge in [0.05, 0.1) is 26.6 Å². The Balaban J connectivity index is 1.85. The minimum atomic E-state index is -3.16. The van der Waals surface area contributed by atoms with E-state index in [0.29, 0.717) is 44.0 Å². The molecular formula is C19H28N2O6S. The number of sulfonamides is 1. The highest BCUT2D eigenvalue weighted by molar-refractivity contribution is 7.88. The van der Waals surface area contributed by atoms with Crippen molar-refractivity contribution >= 4 is 16.4 Å². The Morgan fingerprint density at radius 1 is 1.25 bits per heavy atom. The summed E-state index contributed by atoms with van der Waals surface area (Å²) >= 11 is 0. The topological polar surface area (TPSA) is 94.2 Å². The average Bonchev–Trinajstić information content (AvgIpc) is 2.70. The first-order valence-corrected chi connectivity index (χ1v) is 11.2. The van der Waals surface area contributed by atoms with Crippen LogP contribution in [0.2, 0.25) is 0 Å². The fourth-order valence-corrected chi connectivity index (χ4v) is 5.10. The lowest BCUT2D eigenvalue weighted by atomic mass is 9.83. The molecule has 0 aromatic heterocycles. The van der Waals surface area contributed by atoms with Crippen molar-refractivity contribution in [3.05, 3.63) is 23.3 Å². The Morgan fingerprint density at radius 3 is 2.54 bits per heavy atom. The number of amides is 1. The summed E-state index contributed by atoms with van der Waals surface area (Å²) in [6.45, 7) is 1.37. The number of methoxy groups -OCH3 is 2. The number of hydrogen-bond acceptors (Lipinski definition) is 6. The maximum atomic E-state index is 11.8. The maximum Gasteiger partial charge on any atom is 0.211 e. The molecule has 0 aliphatic carbocycles. The third-order valence-electron chi connectivity index (χ3n) is 5.66. The van der Waals surface area contributed by atoms with Crippen molar-refractivity contribution < 1.29 is 27.4 Å². The summed E-state index contributed by atoms with van der Waals surface area (Å²) in [6.07, 6.45) is 3.70. The van der Waals surface area contributed by atoms with Gasteiger partial charge in [-0.1, -0.05) is 6.07 Å². The first-order chi connectivity index (χ1) is 13.4. The third kappa shape index (κ3) is 4.26. The van der Waals surface area contributed by atoms with Gasteiger partial charge in [0.15, 0.2) is 11.5 Å². The molecule has 1 aromatic rings. The SMILES string of the molecule is COc1ccc2c(c1OC)C[C@H](C1CCN(S(C)(=O)=O)CC1)O[C@@H]2CNC=O. The molecular weight excluding hydrogens is 384 g/mol. The minimum Gasteiger partial charge on any atom is -0.493 e. The molecule has 2 aliphatic rings. The monoisotopic (exact) mass is 412 g/mol. The van der Waals surface area contributed by atoms with E-state index >= 15 is 0 Å². The van der Waals surface area contributed by atoms with Gasteiger partial charge in [-0.25, -0.2) is 12.7 Å². The van der Waals surface area contributed by atoms with Crippen LogP contribution < -0.4 is 14.8 Å². The molecule has 2 aliphatic heterocycles. The number of benzene rings is 1. The van der Waals surface area contributed by atoms with Gasteiger partial charge >= 0.3 is 0 Å². The van der Waals surface area contributed by atoms with Crippen LogP contribution in [-0.2, 0) is 26.0 Å². The van der Waals surface area contributed by atoms with Gasteiger partial charge in [0.25, 0.3) is 0 Å². The maximum absolute atomic E-state index is 11.8. The highest BCUT2D eigenvalue weighted by atomic mass is 32.2. The van der Waals surface area contributed by atoms with Gasteiger partial charge in [-0.3, -0.25) is 4.79 Å². The quantitative estimate of drug-likeness (QED) is 0.674. The Kier molecular flexibility index (Phi) is 6.47. The highest BCUT2D eigenvalue weighted by Gasteiger charge is 2.37. The molecule has 1 aromatic carbocycles. The fraction of sp³-hybridized carbons (Fsp3) is 0.632. The molecule has 0 spiro atoms. The highest BCUT2D eigenvalue weighted by Crippen LogP contribution is 2.43. The average molecular weight is 413 g/mol. The van der Waals surface area contributed by atoms with E-state index in [2.05, 4.69) is 5.32 Å². The van der Waals surface area contributed by atoms with E-state index in [-0.39, 0.29) is 18.1 Å². The summed E-state index contributed by atoms with van der Waals surface area (Å²) < 4.78 is 42.5. The number of carbonyl (C=O) groups is 1. The first kappa shape index (κ1) is 20.9. The number of piperidine rings is 1. The fourth-order valence-electron chi connectivity index (χ4n) is 4.22. The van der Waals surface area contributed by atoms with Gasteiger partial charge in [0.2, 0.25) is 16.4 Å². The van der Waals surface area contributed by atoms with Crippen LogP contribution in [0.3, 0.4) is 0 Å². The molecule has 0 unspecified atom stereocenters. The van der Waals surface area contributed by atoms with Crippen molar-refractivity contribution in [2.24, 2.45) is 5.92 Å². The molecule has 1 fully saturated rings. The second-order valence-corrected chi connectivity index (χ2v) is 9.24. The summed E-state index contributed by atoms with van der Waals surface area (Å²) in [4.78, 5) is 10.8. The van der Waals surface area contributed by atoms with Gasteiger partial charge in [-0.15, -0.1) is 0 Å². The Hall–Kier alpha value is -1.84. The second kappa shape index (κ2) is 8.67. The van der Waals surface area contributed by atoms with Crippen molar-refractivity contribution in [1.29, 1.82) is 0 Å². The summed E-state index contributed by atoms with van der Waals surface area (Å²) in [5.74, 6) is 1.59. The number of hydrogen-bond donors (Lipinski definition) is 1. The van der Waals surface area contributed by atoms with Crippen molar-refractivity contribution in [1.82, 2.24) is 9.62 Å². The lowest BCUT2D eigenvalue weighted by molar-refractivity contribution is -0.111. The summed E-state index contributed by atoms with van der Waals surface area (Å²) in [7, 11) is 0.0575. The second-order valence-electron chi connectivity index (χ2n) is 7.26. The van der Waals surface area contributed by atoms with Crippen LogP contribution in [0.1, 0.15) is 30.1 Å². The van der Waals surface area contributed by atoms with E-state index in [1.165, 1.54) is 10.6 Å². The summed E-state index contributed by atoms with van der Waals surface area (Å²) in [5.41, 5.74) is 2.01. The van der Waals surface area contributed by atoms with Crippen LogP contribution in [0, 0.1) is 5.92 Å². The number of carbonyl (C=O) groups excluding carboxylic acids is 1. The summed E-state index contributed by atoms with van der Waals surface area (Å²) in [6, 6.07) is 3.80. The molecule has 156 valence electrons. The number of ether oxygens (including phenoxy) is 3. The molecule has 1 amide bonds. The molecule has 8 nitrogen and oxygen atoms in total. The zero-order valence-corrected chi connectivity index (χ0v) is 17.3. The molecule has 9 heteroatoms. The molecule has 2 atom stereocenters. The Bertz CT molecular complexity index is 805. The molecule has 1 N–H and O–H groups in total. The Morgan fingerprint density at radius 2 is 1.96 bits per heavy atom. The van der Waals surface area contributed by atoms with Crippen LogP contribution in [0.5, 0.6) is 11.5 Å². The van der Waals surface area contributed by atoms with Gasteiger partial charge in [0, 0.05) is 31.6 Å². The van der Waals surface area contributed by atoms with E-state index in [0.717, 1.165) is 24.0 Å². The van der Waals surface area contributed by atoms with Crippen molar-refractivity contribution in [3.63, 3.8) is 0 Å². The zero-order valence-electron chi connectivity index (χ0n) is 16.5. The van der Waals surface area contributed by atoms with E-state index < -0.39 is 10.0 Å². The van der Waals surface area contributed by atoms with Crippen molar-refractivity contribution in [3.8, 4) is 11.5 Å². The molecule has 0 saturated carbocycles. The van der Waals surface area contributed by atoms with Crippen LogP contribution in [0.25, 0.3) is 0 Å². The number of nitrogens with zero attached hydrogens (tertiary/aromatic N) is 1. The van der Waals surface area contributed by atoms with Gasteiger partial charge < -0.3 is 19.5 Å². The molecule has 28 heavy (non-hydrogen) atoms. The largest absolute Gasteiger partial charge is 0.493 e. The smallest absolute Gasteiger partial charge is 0.211 e. The predicted molar refractivity (Wildman–Crippen MR) is 104 cm³/mol. The number of fused-ring (bicyclic) bond motifs is 1. The van der Waals surface area contributed by atoms with Crippen LogP contribution >= 0.6 is 0 Å². The standard InChI is InChI=1S/C19H28N2O6S/c1-25-16-5-4-14-15(19(16)26-2)10-17(27-18(14)11-20-12-22)13-6-8-21(9-7-13)28(3,23)24/h4-5,12-13,17-18H,6-11H2,1-3H3,(H,20,22)/t17-,18-/m1/s1. The van der Waals surface area contributed by atoms with E-state index in [9.17, 15) is 13.2 Å². The lowest BCUT2D eigenvalue weighted by Crippen LogP contribution is -2.44. The lowest BCUT2D eigenvalue weighted by Gasteiger charge is -2.40. The minimum absolute atomic E-state index is 0.0753. The zero-order chi connectivity index (χ0) is 20.3. The predicted octanol–water partition coefficient (Wildman–Crippen LogP) is 1.10. The van der Waals surface area contributed by atoms with Crippen LogP contribution in [-0.4, -0.2) is 65.3 Å². The van der Waals surface area contributed by atoms with Crippen LogP contribution in [0.4, 0.5) is 0 Å². The molecule has 3 rings (SSSR count). The number of rotatable bonds is 7. The Labute approximate surface area is 166 Å². The third-order valence-corrected chi connectivity index (χ3v) is 6.96. The molecule has 0 bridgehead atoms. The van der Waals surface area contributed by atoms with Crippen LogP contribution in [0.15, 0.2) is 12.1 Å². The van der Waals surface area contributed by atoms with Gasteiger partial charge in [-0.05, 0) is 30.4 Å². The molecule has 1 saturated heterocycles. The normalized spacial score (nSPS) is 23.7. The summed E-state index contributed by atoms with van der Waals surface area (Å²) in [5, 5.41) is 2.71. The van der Waals surface area contributed by atoms with Gasteiger partial charge in [0.1, 0.15) is 6.10 Å². The van der Waals surface area contributed by atoms with E-state index in [4.69, 9.17) is 14.2 Å². The van der Waals surface area contributed by atoms with E-state index in [1.807, 2.05) is 12.1 Å². The van der Waals surface area contributed by atoms with Gasteiger partial charge in [-0.2, -0.15) is 0 Å². The van der Waals surface area contributed by atoms with Crippen molar-refractivity contribution in [2.45, 2.75) is 31.5 Å².